The summed E-state index contributed by atoms with van der Waals surface area (Å²) >= 11 is 0. The highest BCUT2D eigenvalue weighted by Crippen LogP contribution is 2.32. The van der Waals surface area contributed by atoms with Crippen molar-refractivity contribution < 1.29 is 14.6 Å². The average molecular weight is 399 g/mol. The topological polar surface area (TPSA) is 62.1 Å². The lowest BCUT2D eigenvalue weighted by Gasteiger charge is -2.47. The second-order valence-corrected chi connectivity index (χ2v) is 8.23. The fourth-order valence-electron chi connectivity index (χ4n) is 4.86. The molecule has 0 amide bonds. The van der Waals surface area contributed by atoms with Gasteiger partial charge in [-0.3, -0.25) is 4.90 Å². The number of nitrogens with zero attached hydrogens (tertiary/aromatic N) is 3. The number of piperazine rings is 1. The summed E-state index contributed by atoms with van der Waals surface area (Å²) in [6.45, 7) is 4.87. The number of anilines is 1. The summed E-state index contributed by atoms with van der Waals surface area (Å²) in [5.41, 5.74) is 2.44. The van der Waals surface area contributed by atoms with Gasteiger partial charge in [0.1, 0.15) is 6.10 Å². The van der Waals surface area contributed by atoms with Crippen molar-refractivity contribution in [2.45, 2.75) is 37.1 Å². The first kappa shape index (κ1) is 19.1. The number of para-hydroxylation sites is 1. The zero-order valence-electron chi connectivity index (χ0n) is 16.9. The van der Waals surface area contributed by atoms with Crippen LogP contribution in [0.1, 0.15) is 5.69 Å². The molecule has 156 valence electrons. The van der Waals surface area contributed by atoms with Gasteiger partial charge in [0.15, 0.2) is 6.29 Å². The first-order valence-corrected chi connectivity index (χ1v) is 10.5. The van der Waals surface area contributed by atoms with E-state index >= 15 is 0 Å². The molecule has 3 fully saturated rings. The third-order valence-corrected chi connectivity index (χ3v) is 6.56. The van der Waals surface area contributed by atoms with E-state index in [9.17, 15) is 5.11 Å². The number of nitrogens with one attached hydrogen (secondary N) is 1. The molecule has 0 unspecified atom stereocenters. The van der Waals surface area contributed by atoms with E-state index in [1.165, 1.54) is 11.4 Å². The van der Waals surface area contributed by atoms with Gasteiger partial charge in [-0.15, -0.1) is 0 Å². The van der Waals surface area contributed by atoms with Crippen LogP contribution in [0.2, 0.25) is 0 Å². The first-order valence-electron chi connectivity index (χ1n) is 10.5. The summed E-state index contributed by atoms with van der Waals surface area (Å²) in [4.78, 5) is 4.74. The Labute approximate surface area is 171 Å². The van der Waals surface area contributed by atoms with Crippen molar-refractivity contribution in [1.82, 2.24) is 14.8 Å². The summed E-state index contributed by atoms with van der Waals surface area (Å²) in [7, 11) is 2.04. The molecule has 29 heavy (non-hydrogen) atoms. The van der Waals surface area contributed by atoms with E-state index in [0.29, 0.717) is 13.2 Å². The zero-order chi connectivity index (χ0) is 19.8. The molecule has 7 nitrogen and oxygen atoms in total. The van der Waals surface area contributed by atoms with Crippen molar-refractivity contribution in [2.24, 2.45) is 7.05 Å². The van der Waals surface area contributed by atoms with E-state index in [4.69, 9.17) is 9.47 Å². The van der Waals surface area contributed by atoms with E-state index in [1.54, 1.807) is 0 Å². The SMILES string of the molecule is Cn1cccc1CN[C@@H]1[C@H](O)[C@@H](N2CCN(c3ccccc3)CC2)[C@@H]2OC[C@@H]1O2. The second kappa shape index (κ2) is 8.08. The van der Waals surface area contributed by atoms with Crippen molar-refractivity contribution in [3.63, 3.8) is 0 Å². The van der Waals surface area contributed by atoms with Crippen molar-refractivity contribution in [1.29, 1.82) is 0 Å². The maximum absolute atomic E-state index is 11.3. The molecule has 2 N–H and O–H groups in total. The Morgan fingerprint density at radius 1 is 1.07 bits per heavy atom. The summed E-state index contributed by atoms with van der Waals surface area (Å²) in [6.07, 6.45) is 1.07. The highest BCUT2D eigenvalue weighted by molar-refractivity contribution is 5.46. The second-order valence-electron chi connectivity index (χ2n) is 8.23. The minimum absolute atomic E-state index is 0.0999. The molecule has 5 rings (SSSR count). The number of hydrogen-bond donors (Lipinski definition) is 2. The summed E-state index contributed by atoms with van der Waals surface area (Å²) in [5.74, 6) is 0. The number of ether oxygens (including phenoxy) is 2. The molecule has 0 aliphatic carbocycles. The molecule has 3 aliphatic heterocycles. The van der Waals surface area contributed by atoms with Gasteiger partial charge in [-0.1, -0.05) is 18.2 Å². The van der Waals surface area contributed by atoms with Crippen molar-refractivity contribution in [2.75, 3.05) is 37.7 Å². The smallest absolute Gasteiger partial charge is 0.176 e. The molecular weight excluding hydrogens is 368 g/mol. The Balaban J connectivity index is 1.24. The molecule has 3 aliphatic rings. The minimum atomic E-state index is -0.523. The third-order valence-electron chi connectivity index (χ3n) is 6.56. The Morgan fingerprint density at radius 3 is 2.59 bits per heavy atom. The monoisotopic (exact) mass is 398 g/mol. The Kier molecular flexibility index (Phi) is 5.32. The minimum Gasteiger partial charge on any atom is -0.390 e. The maximum Gasteiger partial charge on any atom is 0.176 e. The van der Waals surface area contributed by atoms with Crippen LogP contribution in [0.4, 0.5) is 5.69 Å². The fourth-order valence-corrected chi connectivity index (χ4v) is 4.86. The van der Waals surface area contributed by atoms with E-state index in [-0.39, 0.29) is 24.5 Å². The number of aryl methyl sites for hydroxylation is 1. The molecule has 4 heterocycles. The van der Waals surface area contributed by atoms with Gasteiger partial charge in [-0.2, -0.15) is 0 Å². The Hall–Kier alpha value is -1.90. The molecule has 5 atom stereocenters. The predicted molar refractivity (Wildman–Crippen MR) is 111 cm³/mol. The van der Waals surface area contributed by atoms with Crippen LogP contribution < -0.4 is 10.2 Å². The number of aromatic nitrogens is 1. The van der Waals surface area contributed by atoms with Crippen molar-refractivity contribution in [3.8, 4) is 0 Å². The number of hydrogen-bond acceptors (Lipinski definition) is 6. The lowest BCUT2D eigenvalue weighted by Crippen LogP contribution is -2.66. The molecule has 0 radical (unpaired) electrons. The van der Waals surface area contributed by atoms with E-state index in [2.05, 4.69) is 50.0 Å². The number of fused-ring (bicyclic) bond motifs is 2. The van der Waals surface area contributed by atoms with Crippen LogP contribution >= 0.6 is 0 Å². The van der Waals surface area contributed by atoms with Crippen LogP contribution in [0.5, 0.6) is 0 Å². The van der Waals surface area contributed by atoms with Gasteiger partial charge in [0.05, 0.1) is 24.8 Å². The van der Waals surface area contributed by atoms with Crippen molar-refractivity contribution in [3.05, 3.63) is 54.4 Å². The van der Waals surface area contributed by atoms with Gasteiger partial charge in [-0.25, -0.2) is 0 Å². The molecule has 7 heteroatoms. The average Bonchev–Trinajstić information content (AvgIpc) is 3.36. The first-order chi connectivity index (χ1) is 14.2. The Bertz CT molecular complexity index is 805. The molecule has 3 saturated heterocycles. The molecule has 0 saturated carbocycles. The summed E-state index contributed by atoms with van der Waals surface area (Å²) in [5, 5.41) is 14.8. The summed E-state index contributed by atoms with van der Waals surface area (Å²) < 4.78 is 14.2. The molecule has 1 aromatic carbocycles. The van der Waals surface area contributed by atoms with Crippen LogP contribution in [0.25, 0.3) is 0 Å². The lowest BCUT2D eigenvalue weighted by atomic mass is 9.94. The van der Waals surface area contributed by atoms with Gasteiger partial charge < -0.3 is 29.4 Å². The molecular formula is C22H30N4O3. The van der Waals surface area contributed by atoms with Gasteiger partial charge in [0.25, 0.3) is 0 Å². The van der Waals surface area contributed by atoms with Gasteiger partial charge >= 0.3 is 0 Å². The number of benzene rings is 1. The van der Waals surface area contributed by atoms with Gasteiger partial charge in [0, 0.05) is 57.3 Å². The van der Waals surface area contributed by atoms with Crippen molar-refractivity contribution >= 4 is 5.69 Å². The maximum atomic E-state index is 11.3. The number of aliphatic hydroxyl groups is 1. The zero-order valence-corrected chi connectivity index (χ0v) is 16.9. The highest BCUT2D eigenvalue weighted by Gasteiger charge is 2.52. The number of rotatable bonds is 5. The Morgan fingerprint density at radius 2 is 1.86 bits per heavy atom. The van der Waals surface area contributed by atoms with E-state index in [1.807, 2.05) is 25.4 Å². The van der Waals surface area contributed by atoms with Crippen LogP contribution in [-0.4, -0.2) is 77.9 Å². The van der Waals surface area contributed by atoms with Crippen LogP contribution in [-0.2, 0) is 23.1 Å². The van der Waals surface area contributed by atoms with E-state index < -0.39 is 6.10 Å². The molecule has 2 aromatic rings. The van der Waals surface area contributed by atoms with Gasteiger partial charge in [0.2, 0.25) is 0 Å². The standard InChI is InChI=1S/C22H30N4O3/c1-24-9-5-8-17(24)14-23-19-18-15-28-22(29-18)20(21(19)27)26-12-10-25(11-13-26)16-6-3-2-4-7-16/h2-9,18-23,27H,10-15H2,1H3/t18-,19-,20+,21-,22+/m0/s1. The third kappa shape index (κ3) is 3.69. The highest BCUT2D eigenvalue weighted by atomic mass is 16.7. The van der Waals surface area contributed by atoms with Gasteiger partial charge in [-0.05, 0) is 24.3 Å². The molecule has 1 aromatic heterocycles. The van der Waals surface area contributed by atoms with E-state index in [0.717, 1.165) is 26.2 Å². The summed E-state index contributed by atoms with van der Waals surface area (Å²) in [6, 6.07) is 14.4. The fraction of sp³-hybridized carbons (Fsp3) is 0.545. The lowest BCUT2D eigenvalue weighted by molar-refractivity contribution is -0.183. The normalized spacial score (nSPS) is 32.6. The van der Waals surface area contributed by atoms with Crippen LogP contribution in [0.3, 0.4) is 0 Å². The largest absolute Gasteiger partial charge is 0.390 e. The molecule has 0 spiro atoms. The predicted octanol–water partition coefficient (Wildman–Crippen LogP) is 0.790. The van der Waals surface area contributed by atoms with Crippen LogP contribution in [0.15, 0.2) is 48.7 Å². The number of aliphatic hydroxyl groups excluding tert-OH is 1. The molecule has 2 bridgehead atoms. The van der Waals surface area contributed by atoms with Crippen LogP contribution in [0, 0.1) is 0 Å². The quantitative estimate of drug-likeness (QED) is 0.777.